The van der Waals surface area contributed by atoms with Gasteiger partial charge in [-0.05, 0) is 38.5 Å². The highest BCUT2D eigenvalue weighted by molar-refractivity contribution is 5.79. The van der Waals surface area contributed by atoms with Gasteiger partial charge in [0, 0.05) is 5.41 Å². The normalized spacial score (nSPS) is 13.4. The van der Waals surface area contributed by atoms with Crippen molar-refractivity contribution in [2.75, 3.05) is 13.2 Å². The number of esters is 2. The average Bonchev–Trinajstić information content (AvgIpc) is 2.88. The Bertz CT molecular complexity index is 707. The summed E-state index contributed by atoms with van der Waals surface area (Å²) in [5.74, 6) is -5.05. The Morgan fingerprint density at radius 2 is 1.03 bits per heavy atom. The molecule has 2 atom stereocenters. The minimum atomic E-state index is -1.05. The van der Waals surface area contributed by atoms with Crippen molar-refractivity contribution in [1.82, 2.24) is 0 Å². The van der Waals surface area contributed by atoms with Crippen molar-refractivity contribution >= 4 is 23.9 Å². The standard InChI is InChI=1S/C31H52O8/c1-5-7-9-11-13-15-17-19-25(29(34)35)21-27(32)38-23-31(3,4)24-39-28(33)22-26(30(36)37)20-18-16-14-12-10-8-6-2/h15-18,25-26H,5-14,19-24H2,1-4H3,(H,34,35)(H,36,37)/b17-15+,18-16+. The Hall–Kier alpha value is -2.64. The minimum absolute atomic E-state index is 0.0537. The Morgan fingerprint density at radius 3 is 1.36 bits per heavy atom. The highest BCUT2D eigenvalue weighted by atomic mass is 16.5. The molecule has 39 heavy (non-hydrogen) atoms. The molecule has 0 radical (unpaired) electrons. The number of unbranched alkanes of at least 4 members (excludes halogenated alkanes) is 8. The predicted molar refractivity (Wildman–Crippen MR) is 152 cm³/mol. The monoisotopic (exact) mass is 552 g/mol. The number of carboxylic acid groups (broad SMARTS) is 2. The lowest BCUT2D eigenvalue weighted by Crippen LogP contribution is -2.30. The fraction of sp³-hybridized carbons (Fsp3) is 0.742. The third-order valence-electron chi connectivity index (χ3n) is 6.40. The molecule has 0 saturated heterocycles. The number of aliphatic carboxylic acids is 2. The van der Waals surface area contributed by atoms with Crippen LogP contribution in [-0.2, 0) is 28.7 Å². The van der Waals surface area contributed by atoms with Gasteiger partial charge in [-0.1, -0.05) is 90.5 Å². The first kappa shape index (κ1) is 36.4. The first-order chi connectivity index (χ1) is 18.5. The quantitative estimate of drug-likeness (QED) is 0.0736. The molecule has 0 amide bonds. The molecule has 0 spiro atoms. The molecule has 0 heterocycles. The summed E-state index contributed by atoms with van der Waals surface area (Å²) in [6.45, 7) is 7.68. The van der Waals surface area contributed by atoms with Gasteiger partial charge in [0.2, 0.25) is 0 Å². The average molecular weight is 553 g/mol. The van der Waals surface area contributed by atoms with Crippen LogP contribution >= 0.6 is 0 Å². The van der Waals surface area contributed by atoms with E-state index >= 15 is 0 Å². The van der Waals surface area contributed by atoms with Crippen LogP contribution < -0.4 is 0 Å². The number of carbonyl (C=O) groups is 4. The molecule has 8 heteroatoms. The molecule has 0 aliphatic carbocycles. The van der Waals surface area contributed by atoms with E-state index in [1.807, 2.05) is 24.3 Å². The van der Waals surface area contributed by atoms with Crippen molar-refractivity contribution < 1.29 is 38.9 Å². The van der Waals surface area contributed by atoms with Gasteiger partial charge in [0.25, 0.3) is 0 Å². The maximum Gasteiger partial charge on any atom is 0.307 e. The lowest BCUT2D eigenvalue weighted by molar-refractivity contribution is -0.158. The van der Waals surface area contributed by atoms with Crippen molar-refractivity contribution in [3.8, 4) is 0 Å². The van der Waals surface area contributed by atoms with Gasteiger partial charge >= 0.3 is 23.9 Å². The largest absolute Gasteiger partial charge is 0.481 e. The highest BCUT2D eigenvalue weighted by Crippen LogP contribution is 2.20. The molecular weight excluding hydrogens is 500 g/mol. The van der Waals surface area contributed by atoms with Crippen LogP contribution in [0.15, 0.2) is 24.3 Å². The number of carbonyl (C=O) groups excluding carboxylic acids is 2. The summed E-state index contributed by atoms with van der Waals surface area (Å²) in [6, 6.07) is 0. The zero-order valence-corrected chi connectivity index (χ0v) is 24.6. The van der Waals surface area contributed by atoms with Crippen molar-refractivity contribution in [1.29, 1.82) is 0 Å². The number of carboxylic acids is 2. The molecule has 0 aromatic rings. The fourth-order valence-corrected chi connectivity index (χ4v) is 3.79. The summed E-state index contributed by atoms with van der Waals surface area (Å²) in [6.07, 6.45) is 18.5. The smallest absolute Gasteiger partial charge is 0.307 e. The molecular formula is C31H52O8. The van der Waals surface area contributed by atoms with Gasteiger partial charge < -0.3 is 19.7 Å². The van der Waals surface area contributed by atoms with Gasteiger partial charge in [-0.25, -0.2) is 0 Å². The maximum absolute atomic E-state index is 12.3. The van der Waals surface area contributed by atoms with Crippen molar-refractivity contribution in [3.63, 3.8) is 0 Å². The summed E-state index contributed by atoms with van der Waals surface area (Å²) < 4.78 is 10.6. The Labute approximate surface area is 235 Å². The Morgan fingerprint density at radius 1 is 0.641 bits per heavy atom. The van der Waals surface area contributed by atoms with Crippen LogP contribution in [0.5, 0.6) is 0 Å². The topological polar surface area (TPSA) is 127 Å². The van der Waals surface area contributed by atoms with Crippen LogP contribution in [0.4, 0.5) is 0 Å². The lowest BCUT2D eigenvalue weighted by Gasteiger charge is -2.24. The van der Waals surface area contributed by atoms with Gasteiger partial charge in [0.1, 0.15) is 0 Å². The molecule has 8 nitrogen and oxygen atoms in total. The number of hydrogen-bond donors (Lipinski definition) is 2. The van der Waals surface area contributed by atoms with E-state index in [0.29, 0.717) is 0 Å². The van der Waals surface area contributed by atoms with Crippen LogP contribution in [0.1, 0.15) is 118 Å². The zero-order valence-electron chi connectivity index (χ0n) is 24.6. The molecule has 0 rings (SSSR count). The predicted octanol–water partition coefficient (Wildman–Crippen LogP) is 7.11. The number of hydrogen-bond acceptors (Lipinski definition) is 6. The van der Waals surface area contributed by atoms with Gasteiger partial charge in [-0.15, -0.1) is 0 Å². The molecule has 0 aromatic heterocycles. The summed E-state index contributed by atoms with van der Waals surface area (Å²) in [7, 11) is 0. The molecule has 0 bridgehead atoms. The van der Waals surface area contributed by atoms with E-state index in [4.69, 9.17) is 9.47 Å². The van der Waals surface area contributed by atoms with Crippen LogP contribution in [-0.4, -0.2) is 47.3 Å². The molecule has 0 fully saturated rings. The number of rotatable bonds is 24. The maximum atomic E-state index is 12.3. The van der Waals surface area contributed by atoms with E-state index in [2.05, 4.69) is 13.8 Å². The zero-order chi connectivity index (χ0) is 29.5. The number of ether oxygens (including phenoxy) is 2. The van der Waals surface area contributed by atoms with Crippen molar-refractivity contribution in [2.24, 2.45) is 17.3 Å². The second-order valence-electron chi connectivity index (χ2n) is 11.1. The van der Waals surface area contributed by atoms with E-state index in [9.17, 15) is 29.4 Å². The summed E-state index contributed by atoms with van der Waals surface area (Å²) in [4.78, 5) is 47.7. The molecule has 0 aliphatic heterocycles. The first-order valence-electron chi connectivity index (χ1n) is 14.6. The van der Waals surface area contributed by atoms with E-state index in [0.717, 1.165) is 51.4 Å². The molecule has 2 N–H and O–H groups in total. The van der Waals surface area contributed by atoms with Gasteiger partial charge in [0.15, 0.2) is 0 Å². The third-order valence-corrected chi connectivity index (χ3v) is 6.40. The molecule has 0 aliphatic rings. The van der Waals surface area contributed by atoms with Crippen LogP contribution in [0, 0.1) is 17.3 Å². The molecule has 2 unspecified atom stereocenters. The van der Waals surface area contributed by atoms with Gasteiger partial charge in [0.05, 0.1) is 37.9 Å². The lowest BCUT2D eigenvalue weighted by atomic mass is 9.96. The molecule has 224 valence electrons. The van der Waals surface area contributed by atoms with Crippen LogP contribution in [0.2, 0.25) is 0 Å². The summed E-state index contributed by atoms with van der Waals surface area (Å²) in [5.41, 5.74) is -0.709. The van der Waals surface area contributed by atoms with Crippen molar-refractivity contribution in [3.05, 3.63) is 24.3 Å². The van der Waals surface area contributed by atoms with Crippen LogP contribution in [0.25, 0.3) is 0 Å². The summed E-state index contributed by atoms with van der Waals surface area (Å²) >= 11 is 0. The summed E-state index contributed by atoms with van der Waals surface area (Å²) in [5, 5.41) is 18.9. The van der Waals surface area contributed by atoms with E-state index in [1.165, 1.54) is 12.8 Å². The van der Waals surface area contributed by atoms with E-state index < -0.39 is 41.1 Å². The Kier molecular flexibility index (Phi) is 20.7. The van der Waals surface area contributed by atoms with E-state index in [1.54, 1.807) is 13.8 Å². The second kappa shape index (κ2) is 22.2. The van der Waals surface area contributed by atoms with Crippen molar-refractivity contribution in [2.45, 2.75) is 118 Å². The minimum Gasteiger partial charge on any atom is -0.481 e. The SMILES string of the molecule is CCCCCC/C=C/CC(CC(=O)OCC(C)(C)COC(=O)CC(C/C=C/CCCCCC)C(=O)O)C(=O)O. The van der Waals surface area contributed by atoms with Crippen LogP contribution in [0.3, 0.4) is 0 Å². The number of allylic oxidation sites excluding steroid dienone is 4. The van der Waals surface area contributed by atoms with Gasteiger partial charge in [-0.3, -0.25) is 19.2 Å². The van der Waals surface area contributed by atoms with Gasteiger partial charge in [-0.2, -0.15) is 0 Å². The second-order valence-corrected chi connectivity index (χ2v) is 11.1. The highest BCUT2D eigenvalue weighted by Gasteiger charge is 2.27. The molecule has 0 aromatic carbocycles. The Balaban J connectivity index is 4.47. The first-order valence-corrected chi connectivity index (χ1v) is 14.6. The van der Waals surface area contributed by atoms with E-state index in [-0.39, 0.29) is 38.9 Å². The molecule has 0 saturated carbocycles. The third kappa shape index (κ3) is 20.9. The fourth-order valence-electron chi connectivity index (χ4n) is 3.79.